The Balaban J connectivity index is 2.00. The molecule has 2 amide bonds. The van der Waals surface area contributed by atoms with Crippen molar-refractivity contribution in [1.82, 2.24) is 4.90 Å². The molecular formula is C15H14F3N3O3. The SMILES string of the molecule is N#Cc1cccc(NC(=O)[C@H]2CCCN2C(=O)OCC(F)(F)F)c1. The van der Waals surface area contributed by atoms with E-state index in [4.69, 9.17) is 5.26 Å². The van der Waals surface area contributed by atoms with Crippen LogP contribution in [0.2, 0.25) is 0 Å². The third-order valence-electron chi connectivity index (χ3n) is 3.41. The van der Waals surface area contributed by atoms with Crippen molar-refractivity contribution in [3.05, 3.63) is 29.8 Å². The molecule has 1 saturated heterocycles. The fourth-order valence-corrected chi connectivity index (χ4v) is 2.38. The van der Waals surface area contributed by atoms with Gasteiger partial charge in [0, 0.05) is 12.2 Å². The number of carbonyl (C=O) groups excluding carboxylic acids is 2. The minimum absolute atomic E-state index is 0.146. The molecule has 128 valence electrons. The van der Waals surface area contributed by atoms with E-state index < -0.39 is 30.8 Å². The van der Waals surface area contributed by atoms with Gasteiger partial charge >= 0.3 is 12.3 Å². The molecule has 6 nitrogen and oxygen atoms in total. The lowest BCUT2D eigenvalue weighted by Gasteiger charge is -2.23. The number of nitrogens with zero attached hydrogens (tertiary/aromatic N) is 2. The van der Waals surface area contributed by atoms with Crippen molar-refractivity contribution in [2.45, 2.75) is 25.1 Å². The highest BCUT2D eigenvalue weighted by Gasteiger charge is 2.37. The third-order valence-corrected chi connectivity index (χ3v) is 3.41. The summed E-state index contributed by atoms with van der Waals surface area (Å²) in [5, 5.41) is 11.4. The van der Waals surface area contributed by atoms with Gasteiger partial charge in [0.1, 0.15) is 6.04 Å². The van der Waals surface area contributed by atoms with Gasteiger partial charge in [0.05, 0.1) is 11.6 Å². The maximum atomic E-state index is 12.3. The van der Waals surface area contributed by atoms with Crippen LogP contribution in [0.5, 0.6) is 0 Å². The van der Waals surface area contributed by atoms with Gasteiger partial charge in [-0.15, -0.1) is 0 Å². The van der Waals surface area contributed by atoms with Gasteiger partial charge in [-0.05, 0) is 31.0 Å². The molecule has 0 saturated carbocycles. The summed E-state index contributed by atoms with van der Waals surface area (Å²) in [6.07, 6.45) is -4.98. The Kier molecular flexibility index (Phi) is 5.28. The molecule has 1 atom stereocenters. The van der Waals surface area contributed by atoms with Crippen LogP contribution in [0, 0.1) is 11.3 Å². The van der Waals surface area contributed by atoms with Crippen molar-refractivity contribution in [2.24, 2.45) is 0 Å². The first-order valence-electron chi connectivity index (χ1n) is 7.11. The van der Waals surface area contributed by atoms with Crippen LogP contribution in [-0.2, 0) is 9.53 Å². The zero-order valence-corrected chi connectivity index (χ0v) is 12.5. The standard InChI is InChI=1S/C15H14F3N3O3/c16-15(17,18)9-24-14(23)21-6-2-5-12(21)13(22)20-11-4-1-3-10(7-11)8-19/h1,3-4,7,12H,2,5-6,9H2,(H,20,22)/t12-/m1/s1. The van der Waals surface area contributed by atoms with Crippen LogP contribution in [0.3, 0.4) is 0 Å². The molecule has 1 heterocycles. The average molecular weight is 341 g/mol. The van der Waals surface area contributed by atoms with Gasteiger partial charge in [0.15, 0.2) is 6.61 Å². The number of hydrogen-bond acceptors (Lipinski definition) is 4. The summed E-state index contributed by atoms with van der Waals surface area (Å²) in [5.74, 6) is -0.536. The smallest absolute Gasteiger partial charge is 0.422 e. The first-order valence-corrected chi connectivity index (χ1v) is 7.11. The summed E-state index contributed by atoms with van der Waals surface area (Å²) < 4.78 is 40.5. The zero-order chi connectivity index (χ0) is 17.7. The van der Waals surface area contributed by atoms with Crippen molar-refractivity contribution >= 4 is 17.7 Å². The van der Waals surface area contributed by atoms with Crippen molar-refractivity contribution in [3.8, 4) is 6.07 Å². The summed E-state index contributed by atoms with van der Waals surface area (Å²) in [6.45, 7) is -1.55. The van der Waals surface area contributed by atoms with Gasteiger partial charge in [0.2, 0.25) is 5.91 Å². The highest BCUT2D eigenvalue weighted by Crippen LogP contribution is 2.22. The number of alkyl halides is 3. The largest absolute Gasteiger partial charge is 0.440 e. The van der Waals surface area contributed by atoms with Gasteiger partial charge in [-0.25, -0.2) is 4.79 Å². The lowest BCUT2D eigenvalue weighted by Crippen LogP contribution is -2.44. The minimum atomic E-state index is -4.62. The first kappa shape index (κ1) is 17.6. The molecular weight excluding hydrogens is 327 g/mol. The van der Waals surface area contributed by atoms with Crippen LogP contribution in [0.4, 0.5) is 23.7 Å². The fraction of sp³-hybridized carbons (Fsp3) is 0.400. The molecule has 0 bridgehead atoms. The van der Waals surface area contributed by atoms with Crippen LogP contribution >= 0.6 is 0 Å². The minimum Gasteiger partial charge on any atom is -0.440 e. The van der Waals surface area contributed by atoms with E-state index in [0.29, 0.717) is 24.1 Å². The molecule has 1 aromatic carbocycles. The van der Waals surface area contributed by atoms with Crippen molar-refractivity contribution in [3.63, 3.8) is 0 Å². The van der Waals surface area contributed by atoms with Crippen LogP contribution in [0.1, 0.15) is 18.4 Å². The number of ether oxygens (including phenoxy) is 1. The second-order valence-electron chi connectivity index (χ2n) is 5.20. The van der Waals surface area contributed by atoms with Crippen LogP contribution in [-0.4, -0.2) is 42.3 Å². The molecule has 1 aromatic rings. The Bertz CT molecular complexity index is 670. The molecule has 1 aliphatic rings. The lowest BCUT2D eigenvalue weighted by atomic mass is 10.2. The van der Waals surface area contributed by atoms with E-state index in [1.807, 2.05) is 6.07 Å². The van der Waals surface area contributed by atoms with Gasteiger partial charge < -0.3 is 10.1 Å². The quantitative estimate of drug-likeness (QED) is 0.916. The monoisotopic (exact) mass is 341 g/mol. The molecule has 9 heteroatoms. The highest BCUT2D eigenvalue weighted by atomic mass is 19.4. The number of carbonyl (C=O) groups is 2. The van der Waals surface area contributed by atoms with Crippen LogP contribution in [0.25, 0.3) is 0 Å². The molecule has 2 rings (SSSR count). The summed E-state index contributed by atoms with van der Waals surface area (Å²) in [5.41, 5.74) is 0.718. The third kappa shape index (κ3) is 4.62. The molecule has 0 radical (unpaired) electrons. The Morgan fingerprint density at radius 3 is 2.83 bits per heavy atom. The van der Waals surface area contributed by atoms with Crippen molar-refractivity contribution in [2.75, 3.05) is 18.5 Å². The van der Waals surface area contributed by atoms with Gasteiger partial charge in [0.25, 0.3) is 0 Å². The summed E-state index contributed by atoms with van der Waals surface area (Å²) in [4.78, 5) is 25.0. The predicted octanol–water partition coefficient (Wildman–Crippen LogP) is 2.66. The molecule has 0 aromatic heterocycles. The number of anilines is 1. The van der Waals surface area contributed by atoms with Gasteiger partial charge in [-0.1, -0.05) is 6.07 Å². The highest BCUT2D eigenvalue weighted by molar-refractivity contribution is 5.97. The first-order chi connectivity index (χ1) is 11.3. The summed E-state index contributed by atoms with van der Waals surface area (Å²) in [7, 11) is 0. The number of hydrogen-bond donors (Lipinski definition) is 1. The average Bonchev–Trinajstić information content (AvgIpc) is 3.02. The second-order valence-corrected chi connectivity index (χ2v) is 5.20. The van der Waals surface area contributed by atoms with E-state index in [9.17, 15) is 22.8 Å². The number of rotatable bonds is 3. The van der Waals surface area contributed by atoms with E-state index in [-0.39, 0.29) is 6.54 Å². The Labute approximate surface area is 135 Å². The number of halogens is 3. The molecule has 1 fully saturated rings. The molecule has 24 heavy (non-hydrogen) atoms. The van der Waals surface area contributed by atoms with Crippen molar-refractivity contribution < 1.29 is 27.5 Å². The summed E-state index contributed by atoms with van der Waals surface area (Å²) in [6, 6.07) is 7.19. The predicted molar refractivity (Wildman–Crippen MR) is 76.9 cm³/mol. The molecule has 1 aliphatic heterocycles. The number of benzene rings is 1. The number of nitrogens with one attached hydrogen (secondary N) is 1. The van der Waals surface area contributed by atoms with E-state index in [1.165, 1.54) is 6.07 Å². The Morgan fingerprint density at radius 2 is 2.17 bits per heavy atom. The van der Waals surface area contributed by atoms with E-state index in [0.717, 1.165) is 4.90 Å². The fourth-order valence-electron chi connectivity index (χ4n) is 2.38. The normalized spacial score (nSPS) is 17.2. The molecule has 0 aliphatic carbocycles. The van der Waals surface area contributed by atoms with Gasteiger partial charge in [-0.2, -0.15) is 18.4 Å². The molecule has 0 unspecified atom stereocenters. The van der Waals surface area contributed by atoms with Crippen molar-refractivity contribution in [1.29, 1.82) is 5.26 Å². The molecule has 1 N–H and O–H groups in total. The van der Waals surface area contributed by atoms with Crippen LogP contribution < -0.4 is 5.32 Å². The van der Waals surface area contributed by atoms with Gasteiger partial charge in [-0.3, -0.25) is 9.69 Å². The maximum Gasteiger partial charge on any atom is 0.422 e. The molecule has 0 spiro atoms. The topological polar surface area (TPSA) is 82.4 Å². The zero-order valence-electron chi connectivity index (χ0n) is 12.5. The number of nitriles is 1. The number of likely N-dealkylation sites (tertiary alicyclic amines) is 1. The van der Waals surface area contributed by atoms with E-state index >= 15 is 0 Å². The maximum absolute atomic E-state index is 12.3. The Morgan fingerprint density at radius 1 is 1.42 bits per heavy atom. The lowest BCUT2D eigenvalue weighted by molar-refractivity contribution is -0.162. The Hall–Kier alpha value is -2.76. The second kappa shape index (κ2) is 7.21. The van der Waals surface area contributed by atoms with E-state index in [2.05, 4.69) is 10.1 Å². The number of amides is 2. The summed E-state index contributed by atoms with van der Waals surface area (Å²) >= 11 is 0. The van der Waals surface area contributed by atoms with Crippen LogP contribution in [0.15, 0.2) is 24.3 Å². The van der Waals surface area contributed by atoms with E-state index in [1.54, 1.807) is 18.2 Å².